The van der Waals surface area contributed by atoms with E-state index in [-0.39, 0.29) is 73.0 Å². The normalized spacial score (nSPS) is 29.7. The molecule has 75 heavy (non-hydrogen) atoms. The fourth-order valence-corrected chi connectivity index (χ4v) is 12.5. The standard InChI is InChI=1S/C56H72F2O13S.CO2/c1-36(72-4)48(63)12-6-10-41(60)11-7-20-66-22-24-68-26-27-69-25-23-67-21-18-43(62)30-39-9-5-8-38(29-39)28-37-13-15-40(16-14-37)52-70-51-33-44-45-32-47(57)46-31-42(61)17-19-53(46,2)55(45,58)49(64)34-54(44,3)56(51,71-52)50(65)35-59;2-1-3/h5,8-9,13-17,19,29,31,36,44-45,47,49,51-52,59,64H,6-7,10-12,18,20-28,30,32-35H2,1-4H3;/t36?,44-,45-,47-,49-,51+,52+,53-,54-,55-,56+;/m0./s1. The number of benzene rings is 2. The maximum atomic E-state index is 17.8. The van der Waals surface area contributed by atoms with E-state index < -0.39 is 76.8 Å². The van der Waals surface area contributed by atoms with Crippen molar-refractivity contribution < 1.29 is 81.0 Å². The van der Waals surface area contributed by atoms with E-state index in [0.29, 0.717) is 90.3 Å². The zero-order valence-corrected chi connectivity index (χ0v) is 44.2. The first-order valence-electron chi connectivity index (χ1n) is 25.9. The number of fused-ring (bicyclic) bond motifs is 7. The van der Waals surface area contributed by atoms with Gasteiger partial charge in [-0.15, -0.1) is 0 Å². The van der Waals surface area contributed by atoms with E-state index in [1.54, 1.807) is 6.92 Å². The summed E-state index contributed by atoms with van der Waals surface area (Å²) >= 11 is 1.52. The second kappa shape index (κ2) is 27.2. The van der Waals surface area contributed by atoms with Crippen LogP contribution in [0.15, 0.2) is 72.3 Å². The SMILES string of the molecule is CSC(C)C(=O)CCCC(=O)CCCOCCOCCOCCOCCC(=O)Cc1cccc(Cc2ccc([C@@H]3O[C@@H]4C[C@H]5[C@@H]6C[C@H](F)C7=CC(=O)C=C[C@]7(C)[C@@]6(F)[C@@H](O)C[C@]5(C)[C@]4(C(=O)CO)O3)cc2)c1.O=C=O. The van der Waals surface area contributed by atoms with Gasteiger partial charge in [-0.05, 0) is 99.0 Å². The molecule has 410 valence electrons. The monoisotopic (exact) mass is 1070 g/mol. The van der Waals surface area contributed by atoms with Gasteiger partial charge in [0.05, 0.1) is 63.7 Å². The van der Waals surface area contributed by atoms with E-state index >= 15 is 8.78 Å². The highest BCUT2D eigenvalue weighted by Crippen LogP contribution is 2.72. The fraction of sp³-hybridized carbons (Fsp3) is 0.614. The summed E-state index contributed by atoms with van der Waals surface area (Å²) in [5, 5.41) is 22.1. The molecule has 1 aliphatic heterocycles. The van der Waals surface area contributed by atoms with E-state index in [9.17, 15) is 34.2 Å². The molecule has 11 atom stereocenters. The highest BCUT2D eigenvalue weighted by atomic mass is 32.2. The van der Waals surface area contributed by atoms with Crippen LogP contribution in [0.1, 0.15) is 107 Å². The predicted octanol–water partition coefficient (Wildman–Crippen LogP) is 6.75. The van der Waals surface area contributed by atoms with Crippen molar-refractivity contribution in [2.24, 2.45) is 22.7 Å². The van der Waals surface area contributed by atoms with Gasteiger partial charge >= 0.3 is 6.15 Å². The van der Waals surface area contributed by atoms with Crippen LogP contribution in [0, 0.1) is 22.7 Å². The van der Waals surface area contributed by atoms with Gasteiger partial charge in [-0.1, -0.05) is 61.5 Å². The van der Waals surface area contributed by atoms with Gasteiger partial charge < -0.3 is 38.6 Å². The van der Waals surface area contributed by atoms with E-state index in [2.05, 4.69) is 0 Å². The molecular formula is C57H72F2O15S. The van der Waals surface area contributed by atoms with Crippen molar-refractivity contribution in [1.82, 2.24) is 0 Å². The molecule has 3 saturated carbocycles. The van der Waals surface area contributed by atoms with Crippen LogP contribution in [0.4, 0.5) is 8.78 Å². The summed E-state index contributed by atoms with van der Waals surface area (Å²) in [6.45, 7) is 7.48. The van der Waals surface area contributed by atoms with Crippen LogP contribution < -0.4 is 0 Å². The van der Waals surface area contributed by atoms with E-state index in [0.717, 1.165) is 22.8 Å². The van der Waals surface area contributed by atoms with Gasteiger partial charge in [0.1, 0.15) is 30.1 Å². The van der Waals surface area contributed by atoms with Crippen molar-refractivity contribution in [1.29, 1.82) is 0 Å². The highest BCUT2D eigenvalue weighted by Gasteiger charge is 2.80. The molecule has 0 aromatic heterocycles. The number of ketones is 5. The van der Waals surface area contributed by atoms with Crippen LogP contribution in [0.25, 0.3) is 0 Å². The first kappa shape index (κ1) is 59.8. The van der Waals surface area contributed by atoms with Gasteiger partial charge in [-0.25, -0.2) is 8.78 Å². The number of thioether (sulfide) groups is 1. The molecule has 4 fully saturated rings. The molecule has 1 heterocycles. The molecule has 4 aliphatic carbocycles. The average Bonchev–Trinajstić information content (AvgIpc) is 3.89. The molecule has 7 rings (SSSR count). The Morgan fingerprint density at radius 2 is 1.45 bits per heavy atom. The molecule has 5 aliphatic rings. The molecule has 2 aromatic rings. The van der Waals surface area contributed by atoms with Crippen molar-refractivity contribution in [2.45, 2.75) is 133 Å². The minimum atomic E-state index is -2.33. The molecule has 1 saturated heterocycles. The number of ether oxygens (including phenoxy) is 6. The van der Waals surface area contributed by atoms with Crippen LogP contribution in [0.5, 0.6) is 0 Å². The minimum Gasteiger partial charge on any atom is -0.390 e. The summed E-state index contributed by atoms with van der Waals surface area (Å²) < 4.78 is 69.1. The number of aliphatic hydroxyl groups excluding tert-OH is 2. The van der Waals surface area contributed by atoms with E-state index in [4.69, 9.17) is 38.0 Å². The quantitative estimate of drug-likeness (QED) is 0.0807. The third-order valence-corrected chi connectivity index (χ3v) is 17.0. The van der Waals surface area contributed by atoms with Gasteiger partial charge in [0.25, 0.3) is 0 Å². The lowest BCUT2D eigenvalue weighted by atomic mass is 9.44. The fourth-order valence-electron chi connectivity index (χ4n) is 12.1. The summed E-state index contributed by atoms with van der Waals surface area (Å²) in [6, 6.07) is 15.4. The van der Waals surface area contributed by atoms with Crippen molar-refractivity contribution in [3.63, 3.8) is 0 Å². The lowest BCUT2D eigenvalue weighted by Gasteiger charge is -2.63. The number of allylic oxidation sites excluding steroid dienone is 4. The molecule has 0 radical (unpaired) electrons. The van der Waals surface area contributed by atoms with Crippen molar-refractivity contribution in [3.8, 4) is 0 Å². The Morgan fingerprint density at radius 1 is 0.827 bits per heavy atom. The molecule has 18 heteroatoms. The highest BCUT2D eigenvalue weighted by molar-refractivity contribution is 7.99. The largest absolute Gasteiger partial charge is 0.390 e. The van der Waals surface area contributed by atoms with Crippen LogP contribution in [-0.2, 0) is 74.8 Å². The molecule has 0 amide bonds. The molecule has 2 aromatic carbocycles. The van der Waals surface area contributed by atoms with Crippen molar-refractivity contribution >= 4 is 46.8 Å². The first-order chi connectivity index (χ1) is 35.9. The van der Waals surface area contributed by atoms with Gasteiger partial charge in [0.15, 0.2) is 29.1 Å². The molecule has 1 unspecified atom stereocenters. The lowest BCUT2D eigenvalue weighted by molar-refractivity contribution is -0.235. The maximum Gasteiger partial charge on any atom is 0.373 e. The summed E-state index contributed by atoms with van der Waals surface area (Å²) in [7, 11) is 0. The lowest BCUT2D eigenvalue weighted by Crippen LogP contribution is -2.70. The average molecular weight is 1070 g/mol. The molecule has 15 nitrogen and oxygen atoms in total. The number of carbonyl (C=O) groups is 5. The topological polar surface area (TPSA) is 215 Å². The predicted molar refractivity (Wildman–Crippen MR) is 271 cm³/mol. The Hall–Kier alpha value is -4.46. The molecule has 0 spiro atoms. The molecule has 0 bridgehead atoms. The summed E-state index contributed by atoms with van der Waals surface area (Å²) in [6.07, 6.45) is 4.14. The first-order valence-corrected chi connectivity index (χ1v) is 27.2. The summed E-state index contributed by atoms with van der Waals surface area (Å²) in [4.78, 5) is 79.2. The van der Waals surface area contributed by atoms with Crippen LogP contribution in [0.2, 0.25) is 0 Å². The zero-order chi connectivity index (χ0) is 54.4. The summed E-state index contributed by atoms with van der Waals surface area (Å²) in [5.74, 6) is -2.33. The Kier molecular flexibility index (Phi) is 21.7. The minimum absolute atomic E-state index is 0.0181. The maximum absolute atomic E-state index is 17.8. The number of carbonyl (C=O) groups excluding carboxylic acids is 7. The molecular weight excluding hydrogens is 995 g/mol. The number of Topliss-reactive ketones (excluding diaryl/α,β-unsaturated/α-hetero) is 4. The zero-order valence-electron chi connectivity index (χ0n) is 43.4. The summed E-state index contributed by atoms with van der Waals surface area (Å²) in [5.41, 5.74) is -3.31. The van der Waals surface area contributed by atoms with E-state index in [1.807, 2.05) is 61.7 Å². The van der Waals surface area contributed by atoms with Gasteiger partial charge in [0, 0.05) is 61.0 Å². The number of alkyl halides is 2. The number of halogens is 2. The Bertz CT molecular complexity index is 2410. The van der Waals surface area contributed by atoms with Gasteiger partial charge in [-0.3, -0.25) is 24.0 Å². The van der Waals surface area contributed by atoms with Crippen molar-refractivity contribution in [3.05, 3.63) is 94.6 Å². The number of rotatable bonds is 29. The third kappa shape index (κ3) is 13.5. The van der Waals surface area contributed by atoms with Crippen LogP contribution in [0.3, 0.4) is 0 Å². The smallest absolute Gasteiger partial charge is 0.373 e. The second-order valence-electron chi connectivity index (χ2n) is 20.6. The Morgan fingerprint density at radius 3 is 2.11 bits per heavy atom. The second-order valence-corrected chi connectivity index (χ2v) is 21.7. The molecule has 2 N–H and O–H groups in total. The van der Waals surface area contributed by atoms with Gasteiger partial charge in [0.2, 0.25) is 0 Å². The number of hydrogen-bond donors (Lipinski definition) is 2. The van der Waals surface area contributed by atoms with Gasteiger partial charge in [-0.2, -0.15) is 21.4 Å². The van der Waals surface area contributed by atoms with E-state index in [1.165, 1.54) is 30.8 Å². The van der Waals surface area contributed by atoms with Crippen LogP contribution >= 0.6 is 11.8 Å². The number of hydrogen-bond acceptors (Lipinski definition) is 16. The third-order valence-electron chi connectivity index (χ3n) is 16.1. The van der Waals surface area contributed by atoms with Crippen molar-refractivity contribution in [2.75, 3.05) is 65.7 Å². The number of aliphatic hydroxyl groups is 2. The Labute approximate surface area is 441 Å². The van der Waals surface area contributed by atoms with Crippen LogP contribution in [-0.4, -0.2) is 146 Å². The Balaban J connectivity index is 0.00000297.